The van der Waals surface area contributed by atoms with Crippen LogP contribution in [0.4, 0.5) is 5.95 Å². The lowest BCUT2D eigenvalue weighted by Gasteiger charge is -2.26. The summed E-state index contributed by atoms with van der Waals surface area (Å²) in [6, 6.07) is 3.95. The minimum absolute atomic E-state index is 0.177. The topological polar surface area (TPSA) is 83.1 Å². The molecule has 2 aromatic heterocycles. The van der Waals surface area contributed by atoms with Gasteiger partial charge in [0.15, 0.2) is 0 Å². The number of aromatic nitrogens is 3. The highest BCUT2D eigenvalue weighted by Gasteiger charge is 2.10. The van der Waals surface area contributed by atoms with Crippen molar-refractivity contribution >= 4 is 17.3 Å². The van der Waals surface area contributed by atoms with E-state index in [1.807, 2.05) is 17.5 Å². The summed E-state index contributed by atoms with van der Waals surface area (Å²) in [6.07, 6.45) is 1.51. The van der Waals surface area contributed by atoms with E-state index in [1.165, 1.54) is 0 Å². The molecule has 0 bridgehead atoms. The Labute approximate surface area is 138 Å². The van der Waals surface area contributed by atoms with Gasteiger partial charge in [-0.3, -0.25) is 14.7 Å². The van der Waals surface area contributed by atoms with Crippen LogP contribution in [0.3, 0.4) is 0 Å². The second-order valence-electron chi connectivity index (χ2n) is 5.44. The summed E-state index contributed by atoms with van der Waals surface area (Å²) in [5.74, 6) is 0.437. The van der Waals surface area contributed by atoms with E-state index in [2.05, 4.69) is 25.4 Å². The first kappa shape index (κ1) is 16.1. The van der Waals surface area contributed by atoms with Crippen molar-refractivity contribution in [2.75, 3.05) is 44.7 Å². The molecule has 0 aromatic carbocycles. The van der Waals surface area contributed by atoms with Gasteiger partial charge in [-0.25, -0.2) is 0 Å². The molecule has 124 valence electrons. The molecule has 7 nitrogen and oxygen atoms in total. The number of H-pyrrole nitrogens is 1. The molecule has 3 heterocycles. The van der Waals surface area contributed by atoms with Crippen molar-refractivity contribution in [2.45, 2.75) is 12.8 Å². The van der Waals surface area contributed by atoms with Crippen molar-refractivity contribution in [1.82, 2.24) is 20.1 Å². The molecule has 1 aliphatic heterocycles. The summed E-state index contributed by atoms with van der Waals surface area (Å²) in [7, 11) is 0. The number of nitrogens with one attached hydrogen (secondary N) is 2. The van der Waals surface area contributed by atoms with Crippen LogP contribution < -0.4 is 10.9 Å². The van der Waals surface area contributed by atoms with Crippen LogP contribution in [0, 0.1) is 0 Å². The van der Waals surface area contributed by atoms with Crippen molar-refractivity contribution in [3.8, 4) is 0 Å². The number of morpholine rings is 1. The average molecular weight is 335 g/mol. The molecule has 0 saturated carbocycles. The Morgan fingerprint density at radius 3 is 2.96 bits per heavy atom. The third kappa shape index (κ3) is 4.85. The zero-order chi connectivity index (χ0) is 15.9. The van der Waals surface area contributed by atoms with E-state index in [1.54, 1.807) is 11.3 Å². The van der Waals surface area contributed by atoms with E-state index >= 15 is 0 Å². The van der Waals surface area contributed by atoms with Crippen molar-refractivity contribution in [2.24, 2.45) is 0 Å². The second-order valence-corrected chi connectivity index (χ2v) is 6.47. The highest BCUT2D eigenvalue weighted by Crippen LogP contribution is 2.11. The Bertz CT molecular complexity index is 652. The molecule has 1 saturated heterocycles. The van der Waals surface area contributed by atoms with E-state index in [4.69, 9.17) is 4.74 Å². The molecule has 0 spiro atoms. The zero-order valence-corrected chi connectivity index (χ0v) is 13.8. The van der Waals surface area contributed by atoms with Crippen LogP contribution >= 0.6 is 11.3 Å². The van der Waals surface area contributed by atoms with Crippen LogP contribution in [0.15, 0.2) is 22.3 Å². The van der Waals surface area contributed by atoms with Gasteiger partial charge in [0.05, 0.1) is 13.2 Å². The summed E-state index contributed by atoms with van der Waals surface area (Å²) < 4.78 is 5.32. The van der Waals surface area contributed by atoms with Gasteiger partial charge in [-0.1, -0.05) is 6.07 Å². The third-order valence-electron chi connectivity index (χ3n) is 3.73. The van der Waals surface area contributed by atoms with Crippen molar-refractivity contribution in [3.05, 3.63) is 38.4 Å². The summed E-state index contributed by atoms with van der Waals surface area (Å²) in [6.45, 7) is 5.40. The molecule has 0 unspecified atom stereocenters. The van der Waals surface area contributed by atoms with Gasteiger partial charge in [0.25, 0.3) is 5.56 Å². The molecule has 1 fully saturated rings. The third-order valence-corrected chi connectivity index (χ3v) is 4.61. The largest absolute Gasteiger partial charge is 0.379 e. The first-order valence-electron chi connectivity index (χ1n) is 7.83. The number of hydrogen-bond donors (Lipinski definition) is 2. The standard InChI is InChI=1S/C15H21N5O2S/c21-14-13(11-12-3-1-10-23-12)18-19-15(17-14)16-4-2-5-20-6-8-22-9-7-20/h1,3,10H,2,4-9,11H2,(H2,16,17,19,21). The van der Waals surface area contributed by atoms with Gasteiger partial charge in [0.2, 0.25) is 5.95 Å². The maximum Gasteiger partial charge on any atom is 0.274 e. The molecule has 1 aliphatic rings. The molecular formula is C15H21N5O2S. The Balaban J connectivity index is 1.45. The van der Waals surface area contributed by atoms with E-state index in [9.17, 15) is 4.79 Å². The zero-order valence-electron chi connectivity index (χ0n) is 13.0. The minimum Gasteiger partial charge on any atom is -0.379 e. The van der Waals surface area contributed by atoms with Crippen molar-refractivity contribution in [3.63, 3.8) is 0 Å². The Morgan fingerprint density at radius 1 is 1.35 bits per heavy atom. The summed E-state index contributed by atoms with van der Waals surface area (Å²) in [5, 5.41) is 13.2. The molecular weight excluding hydrogens is 314 g/mol. The monoisotopic (exact) mass is 335 g/mol. The number of thiophene rings is 1. The number of rotatable bonds is 7. The van der Waals surface area contributed by atoms with E-state index < -0.39 is 0 Å². The van der Waals surface area contributed by atoms with Crippen LogP contribution in [-0.2, 0) is 11.2 Å². The first-order valence-corrected chi connectivity index (χ1v) is 8.71. The van der Waals surface area contributed by atoms with Crippen LogP contribution in [0.5, 0.6) is 0 Å². The quantitative estimate of drug-likeness (QED) is 0.733. The number of ether oxygens (including phenoxy) is 1. The van der Waals surface area contributed by atoms with Crippen molar-refractivity contribution < 1.29 is 4.74 Å². The molecule has 2 N–H and O–H groups in total. The summed E-state index contributed by atoms with van der Waals surface area (Å²) >= 11 is 1.61. The summed E-state index contributed by atoms with van der Waals surface area (Å²) in [4.78, 5) is 18.3. The highest BCUT2D eigenvalue weighted by molar-refractivity contribution is 7.09. The molecule has 0 radical (unpaired) electrons. The summed E-state index contributed by atoms with van der Waals surface area (Å²) in [5.41, 5.74) is 0.274. The maximum absolute atomic E-state index is 12.0. The predicted octanol–water partition coefficient (Wildman–Crippen LogP) is 0.951. The molecule has 8 heteroatoms. The molecule has 2 aromatic rings. The molecule has 0 amide bonds. The van der Waals surface area contributed by atoms with Gasteiger partial charge < -0.3 is 10.1 Å². The highest BCUT2D eigenvalue weighted by atomic mass is 32.1. The van der Waals surface area contributed by atoms with Crippen LogP contribution in [0.25, 0.3) is 0 Å². The molecule has 0 atom stereocenters. The smallest absolute Gasteiger partial charge is 0.274 e. The Kier molecular flexibility index (Phi) is 5.73. The fourth-order valence-corrected chi connectivity index (χ4v) is 3.18. The van der Waals surface area contributed by atoms with Gasteiger partial charge in [-0.2, -0.15) is 0 Å². The van der Waals surface area contributed by atoms with Gasteiger partial charge >= 0.3 is 0 Å². The lowest BCUT2D eigenvalue weighted by Crippen LogP contribution is -2.37. The first-order chi connectivity index (χ1) is 11.3. The van der Waals surface area contributed by atoms with E-state index in [0.717, 1.165) is 50.7 Å². The lowest BCUT2D eigenvalue weighted by atomic mass is 10.3. The minimum atomic E-state index is -0.177. The lowest BCUT2D eigenvalue weighted by molar-refractivity contribution is 0.0378. The number of hydrogen-bond acceptors (Lipinski definition) is 7. The van der Waals surface area contributed by atoms with Gasteiger partial charge in [-0.05, 0) is 24.4 Å². The van der Waals surface area contributed by atoms with E-state index in [-0.39, 0.29) is 5.56 Å². The van der Waals surface area contributed by atoms with Gasteiger partial charge in [0.1, 0.15) is 5.69 Å². The van der Waals surface area contributed by atoms with Gasteiger partial charge in [0, 0.05) is 30.9 Å². The van der Waals surface area contributed by atoms with Crippen LogP contribution in [-0.4, -0.2) is 59.5 Å². The second kappa shape index (κ2) is 8.19. The normalized spacial score (nSPS) is 15.7. The predicted molar refractivity (Wildman–Crippen MR) is 90.1 cm³/mol. The van der Waals surface area contributed by atoms with Crippen molar-refractivity contribution in [1.29, 1.82) is 0 Å². The van der Waals surface area contributed by atoms with Crippen LogP contribution in [0.1, 0.15) is 17.0 Å². The van der Waals surface area contributed by atoms with Gasteiger partial charge in [-0.15, -0.1) is 21.5 Å². The molecule has 3 rings (SSSR count). The van der Waals surface area contributed by atoms with E-state index in [0.29, 0.717) is 18.1 Å². The maximum atomic E-state index is 12.0. The fraction of sp³-hybridized carbons (Fsp3) is 0.533. The molecule has 23 heavy (non-hydrogen) atoms. The molecule has 0 aliphatic carbocycles. The fourth-order valence-electron chi connectivity index (χ4n) is 2.47. The SMILES string of the molecule is O=c1[nH]c(NCCCN2CCOCC2)nnc1Cc1cccs1. The Morgan fingerprint density at radius 2 is 2.22 bits per heavy atom. The number of nitrogens with zero attached hydrogens (tertiary/aromatic N) is 3. The number of aromatic amines is 1. The Hall–Kier alpha value is -1.77. The number of anilines is 1. The van der Waals surface area contributed by atoms with Crippen LogP contribution in [0.2, 0.25) is 0 Å². The average Bonchev–Trinajstić information content (AvgIpc) is 3.08.